The van der Waals surface area contributed by atoms with Crippen LogP contribution < -0.4 is 10.6 Å². The van der Waals surface area contributed by atoms with Crippen LogP contribution in [0.25, 0.3) is 0 Å². The summed E-state index contributed by atoms with van der Waals surface area (Å²) in [6.45, 7) is 4.93. The van der Waals surface area contributed by atoms with Crippen LogP contribution in [0.2, 0.25) is 5.02 Å². The molecule has 0 unspecified atom stereocenters. The Hall–Kier alpha value is -2.37. The van der Waals surface area contributed by atoms with Gasteiger partial charge in [-0.3, -0.25) is 9.59 Å². The van der Waals surface area contributed by atoms with Crippen LogP contribution in [0.15, 0.2) is 48.5 Å². The Morgan fingerprint density at radius 1 is 1.06 bits per heavy atom. The van der Waals surface area contributed by atoms with Gasteiger partial charge in [0.1, 0.15) is 0 Å². The molecule has 2 rings (SSSR count). The number of rotatable bonds is 11. The fourth-order valence-corrected chi connectivity index (χ4v) is 4.16. The number of amides is 2. The fraction of sp³-hybridized carbons (Fsp3) is 0.462. The van der Waals surface area contributed by atoms with Crippen molar-refractivity contribution in [3.63, 3.8) is 0 Å². The minimum Gasteiger partial charge on any atom is -0.355 e. The van der Waals surface area contributed by atoms with Crippen molar-refractivity contribution >= 4 is 23.4 Å². The molecule has 2 N–H and O–H groups in total. The second kappa shape index (κ2) is 12.6. The maximum atomic E-state index is 12.8. The van der Waals surface area contributed by atoms with E-state index in [4.69, 9.17) is 11.6 Å². The van der Waals surface area contributed by atoms with Gasteiger partial charge in [-0.05, 0) is 62.0 Å². The normalized spacial score (nSPS) is 13.1. The molecule has 0 saturated carbocycles. The van der Waals surface area contributed by atoms with Crippen molar-refractivity contribution in [3.05, 3.63) is 70.2 Å². The summed E-state index contributed by atoms with van der Waals surface area (Å²) in [5.74, 6) is 0.599. The number of halogens is 1. The number of likely N-dealkylation sites (N-methyl/N-ethyl adjacent to an activating group) is 1. The number of nitrogens with zero attached hydrogens (tertiary/aromatic N) is 1. The number of hydrogen-bond donors (Lipinski definition) is 2. The van der Waals surface area contributed by atoms with Crippen LogP contribution in [0.5, 0.6) is 0 Å². The van der Waals surface area contributed by atoms with Crippen LogP contribution >= 0.6 is 11.6 Å². The van der Waals surface area contributed by atoms with Crippen LogP contribution in [-0.4, -0.2) is 50.4 Å². The third-order valence-corrected chi connectivity index (χ3v) is 6.01. The van der Waals surface area contributed by atoms with Gasteiger partial charge in [0.15, 0.2) is 0 Å². The van der Waals surface area contributed by atoms with Gasteiger partial charge in [0.05, 0.1) is 10.6 Å². The first kappa shape index (κ1) is 25.9. The lowest BCUT2D eigenvalue weighted by Gasteiger charge is -2.26. The molecular formula is C26H36ClN3O2. The SMILES string of the molecule is CNC(=O)c1ccc(C[C@@H](CNC(=O)C[C@H](CC(C)C)c2ccccc2)N(C)C)cc1Cl. The maximum Gasteiger partial charge on any atom is 0.252 e. The van der Waals surface area contributed by atoms with Crippen molar-refractivity contribution in [3.8, 4) is 0 Å². The molecular weight excluding hydrogens is 422 g/mol. The Morgan fingerprint density at radius 3 is 2.31 bits per heavy atom. The quantitative estimate of drug-likeness (QED) is 0.522. The van der Waals surface area contributed by atoms with E-state index < -0.39 is 0 Å². The molecule has 0 heterocycles. The Kier molecular flexibility index (Phi) is 10.2. The molecule has 0 spiro atoms. The molecule has 174 valence electrons. The Balaban J connectivity index is 2.00. The average Bonchev–Trinajstić information content (AvgIpc) is 2.75. The van der Waals surface area contributed by atoms with E-state index in [0.29, 0.717) is 29.5 Å². The molecule has 0 radical (unpaired) electrons. The van der Waals surface area contributed by atoms with Crippen molar-refractivity contribution in [2.24, 2.45) is 5.92 Å². The first-order chi connectivity index (χ1) is 15.2. The summed E-state index contributed by atoms with van der Waals surface area (Å²) < 4.78 is 0. The van der Waals surface area contributed by atoms with Crippen molar-refractivity contribution in [2.75, 3.05) is 27.7 Å². The number of carbonyl (C=O) groups excluding carboxylic acids is 2. The average molecular weight is 458 g/mol. The molecule has 2 amide bonds. The zero-order valence-corrected chi connectivity index (χ0v) is 20.6. The monoisotopic (exact) mass is 457 g/mol. The van der Waals surface area contributed by atoms with Gasteiger partial charge in [0, 0.05) is 26.1 Å². The summed E-state index contributed by atoms with van der Waals surface area (Å²) in [4.78, 5) is 26.8. The first-order valence-electron chi connectivity index (χ1n) is 11.2. The highest BCUT2D eigenvalue weighted by atomic mass is 35.5. The summed E-state index contributed by atoms with van der Waals surface area (Å²) in [6.07, 6.45) is 2.18. The summed E-state index contributed by atoms with van der Waals surface area (Å²) in [6, 6.07) is 15.9. The number of nitrogens with one attached hydrogen (secondary N) is 2. The number of benzene rings is 2. The second-order valence-electron chi connectivity index (χ2n) is 8.96. The number of carbonyl (C=O) groups is 2. The Morgan fingerprint density at radius 2 is 1.75 bits per heavy atom. The van der Waals surface area contributed by atoms with Gasteiger partial charge in [-0.15, -0.1) is 0 Å². The predicted octanol–water partition coefficient (Wildman–Crippen LogP) is 4.51. The van der Waals surface area contributed by atoms with E-state index in [0.717, 1.165) is 18.4 Å². The zero-order valence-electron chi connectivity index (χ0n) is 19.8. The van der Waals surface area contributed by atoms with E-state index in [2.05, 4.69) is 41.5 Å². The highest BCUT2D eigenvalue weighted by Crippen LogP contribution is 2.27. The molecule has 0 bridgehead atoms. The molecule has 0 aromatic heterocycles. The predicted molar refractivity (Wildman–Crippen MR) is 132 cm³/mol. The molecule has 0 aliphatic carbocycles. The third-order valence-electron chi connectivity index (χ3n) is 5.70. The lowest BCUT2D eigenvalue weighted by atomic mass is 9.87. The van der Waals surface area contributed by atoms with Crippen molar-refractivity contribution < 1.29 is 9.59 Å². The smallest absolute Gasteiger partial charge is 0.252 e. The highest BCUT2D eigenvalue weighted by Gasteiger charge is 2.20. The maximum absolute atomic E-state index is 12.8. The summed E-state index contributed by atoms with van der Waals surface area (Å²) in [5.41, 5.74) is 2.70. The van der Waals surface area contributed by atoms with E-state index >= 15 is 0 Å². The first-order valence-corrected chi connectivity index (χ1v) is 11.6. The van der Waals surface area contributed by atoms with E-state index in [1.54, 1.807) is 13.1 Å². The van der Waals surface area contributed by atoms with Crippen LogP contribution in [0.3, 0.4) is 0 Å². The molecule has 2 atom stereocenters. The standard InChI is InChI=1S/C26H36ClN3O2/c1-18(2)13-21(20-9-7-6-8-10-20)16-25(31)29-17-22(30(4)5)14-19-11-12-23(24(27)15-19)26(32)28-3/h6-12,15,18,21-22H,13-14,16-17H2,1-5H3,(H,28,32)(H,29,31)/t21-,22-/m0/s1. The molecule has 32 heavy (non-hydrogen) atoms. The molecule has 6 heteroatoms. The molecule has 2 aromatic carbocycles. The minimum absolute atomic E-state index is 0.0688. The number of hydrogen-bond acceptors (Lipinski definition) is 3. The molecule has 0 aliphatic rings. The Bertz CT molecular complexity index is 884. The Labute approximate surface area is 197 Å². The minimum atomic E-state index is -0.202. The van der Waals surface area contributed by atoms with E-state index in [1.807, 2.05) is 44.4 Å². The lowest BCUT2D eigenvalue weighted by molar-refractivity contribution is -0.121. The highest BCUT2D eigenvalue weighted by molar-refractivity contribution is 6.33. The van der Waals surface area contributed by atoms with Gasteiger partial charge in [0.25, 0.3) is 5.91 Å². The van der Waals surface area contributed by atoms with Crippen LogP contribution in [0.1, 0.15) is 54.1 Å². The van der Waals surface area contributed by atoms with Gasteiger partial charge in [-0.25, -0.2) is 0 Å². The van der Waals surface area contributed by atoms with Gasteiger partial charge >= 0.3 is 0 Å². The van der Waals surface area contributed by atoms with Gasteiger partial charge in [-0.2, -0.15) is 0 Å². The van der Waals surface area contributed by atoms with Gasteiger partial charge < -0.3 is 15.5 Å². The van der Waals surface area contributed by atoms with E-state index in [-0.39, 0.29) is 23.8 Å². The molecule has 0 aliphatic heterocycles. The lowest BCUT2D eigenvalue weighted by Crippen LogP contribution is -2.42. The summed E-state index contributed by atoms with van der Waals surface area (Å²) in [5, 5.41) is 6.16. The molecule has 5 nitrogen and oxygen atoms in total. The van der Waals surface area contributed by atoms with Gasteiger partial charge in [0.2, 0.25) is 5.91 Å². The summed E-state index contributed by atoms with van der Waals surface area (Å²) in [7, 11) is 5.59. The van der Waals surface area contributed by atoms with Crippen molar-refractivity contribution in [1.29, 1.82) is 0 Å². The topological polar surface area (TPSA) is 61.4 Å². The second-order valence-corrected chi connectivity index (χ2v) is 9.37. The zero-order chi connectivity index (χ0) is 23.7. The summed E-state index contributed by atoms with van der Waals surface area (Å²) >= 11 is 6.31. The molecule has 2 aromatic rings. The molecule has 0 saturated heterocycles. The van der Waals surface area contributed by atoms with E-state index in [1.165, 1.54) is 5.56 Å². The third kappa shape index (κ3) is 7.95. The largest absolute Gasteiger partial charge is 0.355 e. The van der Waals surface area contributed by atoms with Crippen LogP contribution in [0.4, 0.5) is 0 Å². The fourth-order valence-electron chi connectivity index (χ4n) is 3.87. The van der Waals surface area contributed by atoms with E-state index in [9.17, 15) is 9.59 Å². The van der Waals surface area contributed by atoms with Gasteiger partial charge in [-0.1, -0.05) is 61.8 Å². The van der Waals surface area contributed by atoms with Crippen LogP contribution in [-0.2, 0) is 11.2 Å². The van der Waals surface area contributed by atoms with Crippen molar-refractivity contribution in [2.45, 2.75) is 45.1 Å². The van der Waals surface area contributed by atoms with Crippen LogP contribution in [0, 0.1) is 5.92 Å². The molecule has 0 fully saturated rings. The van der Waals surface area contributed by atoms with Crippen molar-refractivity contribution in [1.82, 2.24) is 15.5 Å².